The Balaban J connectivity index is 1.79. The monoisotopic (exact) mass is 272 g/mol. The number of carbonyl (C=O) groups is 1. The van der Waals surface area contributed by atoms with Crippen LogP contribution in [0.25, 0.3) is 0 Å². The molecule has 1 spiro atoms. The molecule has 0 aromatic carbocycles. The van der Waals surface area contributed by atoms with Gasteiger partial charge in [-0.3, -0.25) is 4.79 Å². The van der Waals surface area contributed by atoms with E-state index < -0.39 is 0 Å². The second-order valence-electron chi connectivity index (χ2n) is 5.90. The number of ether oxygens (including phenoxy) is 2. The van der Waals surface area contributed by atoms with E-state index in [2.05, 4.69) is 13.8 Å². The molecule has 2 fully saturated rings. The molecular weight excluding hydrogens is 248 g/mol. The predicted octanol–water partition coefficient (Wildman–Crippen LogP) is 2.53. The molecule has 0 N–H and O–H groups in total. The van der Waals surface area contributed by atoms with Crippen molar-refractivity contribution < 1.29 is 14.3 Å². The standard InChI is InChI=1S/C14H24O3S/c1-11(2)8-18-9-13(15)12-3-5-17-14(7-12)4-6-16-10-14/h11-12H,3-10H2,1-2H3. The van der Waals surface area contributed by atoms with Gasteiger partial charge in [0, 0.05) is 25.6 Å². The maximum Gasteiger partial charge on any atom is 0.146 e. The lowest BCUT2D eigenvalue weighted by atomic mass is 9.83. The number of carbonyl (C=O) groups excluding carboxylic acids is 1. The highest BCUT2D eigenvalue weighted by atomic mass is 32.2. The van der Waals surface area contributed by atoms with Crippen LogP contribution in [0.1, 0.15) is 33.1 Å². The molecule has 104 valence electrons. The predicted molar refractivity (Wildman–Crippen MR) is 74.0 cm³/mol. The zero-order valence-corrected chi connectivity index (χ0v) is 12.3. The Morgan fingerprint density at radius 1 is 1.44 bits per heavy atom. The molecule has 2 rings (SSSR count). The second-order valence-corrected chi connectivity index (χ2v) is 6.93. The van der Waals surface area contributed by atoms with E-state index in [9.17, 15) is 4.79 Å². The highest BCUT2D eigenvalue weighted by Gasteiger charge is 2.42. The minimum atomic E-state index is -0.138. The van der Waals surface area contributed by atoms with Gasteiger partial charge < -0.3 is 9.47 Å². The van der Waals surface area contributed by atoms with Gasteiger partial charge >= 0.3 is 0 Å². The molecule has 0 radical (unpaired) electrons. The third-order valence-corrected chi connectivity index (χ3v) is 5.10. The van der Waals surface area contributed by atoms with Gasteiger partial charge in [0.15, 0.2) is 0 Å². The summed E-state index contributed by atoms with van der Waals surface area (Å²) in [5.41, 5.74) is -0.138. The molecular formula is C14H24O3S. The third kappa shape index (κ3) is 3.72. The first kappa shape index (κ1) is 14.4. The lowest BCUT2D eigenvalue weighted by molar-refractivity contribution is -0.134. The Kier molecular flexibility index (Phi) is 5.10. The van der Waals surface area contributed by atoms with Crippen molar-refractivity contribution >= 4 is 17.5 Å². The van der Waals surface area contributed by atoms with Crippen LogP contribution in [0.4, 0.5) is 0 Å². The van der Waals surface area contributed by atoms with E-state index in [1.54, 1.807) is 11.8 Å². The van der Waals surface area contributed by atoms with Crippen LogP contribution in [0, 0.1) is 11.8 Å². The van der Waals surface area contributed by atoms with Crippen molar-refractivity contribution in [1.29, 1.82) is 0 Å². The van der Waals surface area contributed by atoms with Crippen LogP contribution in [0.2, 0.25) is 0 Å². The Morgan fingerprint density at radius 3 is 2.94 bits per heavy atom. The van der Waals surface area contributed by atoms with Crippen molar-refractivity contribution in [1.82, 2.24) is 0 Å². The summed E-state index contributed by atoms with van der Waals surface area (Å²) in [6.07, 6.45) is 2.72. The van der Waals surface area contributed by atoms with Crippen molar-refractivity contribution in [2.75, 3.05) is 31.3 Å². The molecule has 2 unspecified atom stereocenters. The van der Waals surface area contributed by atoms with Gasteiger partial charge in [0.1, 0.15) is 5.78 Å². The Hall–Kier alpha value is -0.0600. The molecule has 0 amide bonds. The number of Topliss-reactive ketones (excluding diaryl/α,β-unsaturated/α-hetero) is 1. The number of hydrogen-bond acceptors (Lipinski definition) is 4. The summed E-state index contributed by atoms with van der Waals surface area (Å²) in [7, 11) is 0. The van der Waals surface area contributed by atoms with E-state index in [-0.39, 0.29) is 11.5 Å². The molecule has 2 atom stereocenters. The van der Waals surface area contributed by atoms with Gasteiger partial charge in [-0.1, -0.05) is 13.8 Å². The average molecular weight is 272 g/mol. The largest absolute Gasteiger partial charge is 0.378 e. The number of rotatable bonds is 5. The van der Waals surface area contributed by atoms with Crippen LogP contribution in [-0.2, 0) is 14.3 Å². The quantitative estimate of drug-likeness (QED) is 0.770. The maximum atomic E-state index is 12.2. The fourth-order valence-corrected chi connectivity index (χ4v) is 3.71. The summed E-state index contributed by atoms with van der Waals surface area (Å²) in [6.45, 7) is 6.56. The average Bonchev–Trinajstić information content (AvgIpc) is 2.76. The fraction of sp³-hybridized carbons (Fsp3) is 0.929. The summed E-state index contributed by atoms with van der Waals surface area (Å²) in [5.74, 6) is 3.01. The van der Waals surface area contributed by atoms with Gasteiger partial charge in [-0.25, -0.2) is 0 Å². The van der Waals surface area contributed by atoms with Gasteiger partial charge in [-0.15, -0.1) is 0 Å². The van der Waals surface area contributed by atoms with E-state index in [4.69, 9.17) is 9.47 Å². The number of ketones is 1. The summed E-state index contributed by atoms with van der Waals surface area (Å²) < 4.78 is 11.3. The summed E-state index contributed by atoms with van der Waals surface area (Å²) in [5, 5.41) is 0. The van der Waals surface area contributed by atoms with E-state index >= 15 is 0 Å². The first-order valence-corrected chi connectivity index (χ1v) is 8.09. The normalized spacial score (nSPS) is 32.3. The van der Waals surface area contributed by atoms with Crippen molar-refractivity contribution in [3.63, 3.8) is 0 Å². The van der Waals surface area contributed by atoms with Crippen molar-refractivity contribution in [2.24, 2.45) is 11.8 Å². The van der Waals surface area contributed by atoms with Crippen LogP contribution in [0.3, 0.4) is 0 Å². The van der Waals surface area contributed by atoms with Crippen LogP contribution in [0.5, 0.6) is 0 Å². The van der Waals surface area contributed by atoms with Crippen LogP contribution >= 0.6 is 11.8 Å². The minimum absolute atomic E-state index is 0.138. The lowest BCUT2D eigenvalue weighted by Gasteiger charge is -2.36. The van der Waals surface area contributed by atoms with Crippen LogP contribution in [0.15, 0.2) is 0 Å². The lowest BCUT2D eigenvalue weighted by Crippen LogP contribution is -2.42. The van der Waals surface area contributed by atoms with Crippen LogP contribution < -0.4 is 0 Å². The number of hydrogen-bond donors (Lipinski definition) is 0. The smallest absolute Gasteiger partial charge is 0.146 e. The molecule has 0 saturated carbocycles. The summed E-state index contributed by atoms with van der Waals surface area (Å²) in [6, 6.07) is 0. The summed E-state index contributed by atoms with van der Waals surface area (Å²) in [4.78, 5) is 12.2. The molecule has 2 aliphatic heterocycles. The molecule has 0 aromatic heterocycles. The molecule has 2 saturated heterocycles. The molecule has 0 bridgehead atoms. The minimum Gasteiger partial charge on any atom is -0.378 e. The molecule has 0 aromatic rings. The fourth-order valence-electron chi connectivity index (χ4n) is 2.68. The van der Waals surface area contributed by atoms with E-state index in [1.165, 1.54) is 0 Å². The highest BCUT2D eigenvalue weighted by Crippen LogP contribution is 2.36. The maximum absolute atomic E-state index is 12.2. The van der Waals surface area contributed by atoms with Gasteiger partial charge in [0.05, 0.1) is 18.0 Å². The Morgan fingerprint density at radius 2 is 2.28 bits per heavy atom. The molecule has 18 heavy (non-hydrogen) atoms. The molecule has 2 heterocycles. The zero-order valence-electron chi connectivity index (χ0n) is 11.4. The topological polar surface area (TPSA) is 35.5 Å². The molecule has 4 heteroatoms. The van der Waals surface area contributed by atoms with Gasteiger partial charge in [0.2, 0.25) is 0 Å². The van der Waals surface area contributed by atoms with E-state index in [0.717, 1.165) is 31.6 Å². The first-order valence-electron chi connectivity index (χ1n) is 6.93. The second kappa shape index (κ2) is 6.40. The van der Waals surface area contributed by atoms with Crippen molar-refractivity contribution in [3.8, 4) is 0 Å². The van der Waals surface area contributed by atoms with E-state index in [0.29, 0.717) is 30.7 Å². The van der Waals surface area contributed by atoms with Crippen molar-refractivity contribution in [3.05, 3.63) is 0 Å². The van der Waals surface area contributed by atoms with Gasteiger partial charge in [-0.2, -0.15) is 11.8 Å². The molecule has 2 aliphatic rings. The third-order valence-electron chi connectivity index (χ3n) is 3.71. The van der Waals surface area contributed by atoms with Crippen molar-refractivity contribution in [2.45, 2.75) is 38.7 Å². The first-order chi connectivity index (χ1) is 8.61. The van der Waals surface area contributed by atoms with Gasteiger partial charge in [-0.05, 0) is 24.5 Å². The zero-order chi connectivity index (χ0) is 13.0. The Bertz CT molecular complexity index is 285. The Labute approximate surface area is 114 Å². The van der Waals surface area contributed by atoms with E-state index in [1.807, 2.05) is 0 Å². The summed E-state index contributed by atoms with van der Waals surface area (Å²) >= 11 is 1.77. The SMILES string of the molecule is CC(C)CSCC(=O)C1CCOC2(CCOC2)C1. The van der Waals surface area contributed by atoms with Gasteiger partial charge in [0.25, 0.3) is 0 Å². The molecule has 0 aliphatic carbocycles. The highest BCUT2D eigenvalue weighted by molar-refractivity contribution is 7.99. The molecule has 3 nitrogen and oxygen atoms in total. The number of thioether (sulfide) groups is 1. The van der Waals surface area contributed by atoms with Crippen LogP contribution in [-0.4, -0.2) is 42.7 Å².